The van der Waals surface area contributed by atoms with Crippen molar-refractivity contribution >= 4 is 27.6 Å². The quantitative estimate of drug-likeness (QED) is 0.877. The lowest BCUT2D eigenvalue weighted by Crippen LogP contribution is -2.28. The molecule has 5 heteroatoms. The molecule has 0 aliphatic heterocycles. The van der Waals surface area contributed by atoms with E-state index < -0.39 is 0 Å². The van der Waals surface area contributed by atoms with E-state index in [4.69, 9.17) is 0 Å². The predicted molar refractivity (Wildman–Crippen MR) is 74.5 cm³/mol. The fourth-order valence-electron chi connectivity index (χ4n) is 1.92. The van der Waals surface area contributed by atoms with Crippen LogP contribution in [0.4, 0.5) is 11.6 Å². The molecule has 1 aliphatic carbocycles. The third-order valence-corrected chi connectivity index (χ3v) is 3.71. The Morgan fingerprint density at radius 3 is 2.82 bits per heavy atom. The standard InChI is InChI=1S/C12H19BrN4/c1-3-6-17(7-9-4-5-9)12-10(13)11(14-2)15-8-16-12/h8-9H,3-7H2,1-2H3,(H,14,15,16). The van der Waals surface area contributed by atoms with Crippen LogP contribution in [0.15, 0.2) is 10.8 Å². The molecule has 94 valence electrons. The number of hydrogen-bond acceptors (Lipinski definition) is 4. The average molecular weight is 299 g/mol. The molecule has 0 aromatic carbocycles. The Morgan fingerprint density at radius 2 is 2.24 bits per heavy atom. The van der Waals surface area contributed by atoms with Crippen molar-refractivity contribution in [3.8, 4) is 0 Å². The average Bonchev–Trinajstić information content (AvgIpc) is 3.13. The molecule has 4 nitrogen and oxygen atoms in total. The smallest absolute Gasteiger partial charge is 0.148 e. The van der Waals surface area contributed by atoms with Crippen LogP contribution in [0.25, 0.3) is 0 Å². The molecule has 1 aromatic rings. The van der Waals surface area contributed by atoms with Gasteiger partial charge in [0.05, 0.1) is 0 Å². The van der Waals surface area contributed by atoms with E-state index >= 15 is 0 Å². The third kappa shape index (κ3) is 3.09. The molecule has 0 amide bonds. The Hall–Kier alpha value is -0.840. The summed E-state index contributed by atoms with van der Waals surface area (Å²) in [7, 11) is 1.88. The maximum Gasteiger partial charge on any atom is 0.148 e. The summed E-state index contributed by atoms with van der Waals surface area (Å²) in [5.41, 5.74) is 0. The van der Waals surface area contributed by atoms with Gasteiger partial charge in [0, 0.05) is 20.1 Å². The van der Waals surface area contributed by atoms with E-state index in [1.54, 1.807) is 6.33 Å². The first kappa shape index (κ1) is 12.6. The zero-order valence-corrected chi connectivity index (χ0v) is 12.0. The van der Waals surface area contributed by atoms with E-state index in [2.05, 4.69) is 43.0 Å². The maximum atomic E-state index is 4.41. The Labute approximate surface area is 111 Å². The van der Waals surface area contributed by atoms with Gasteiger partial charge < -0.3 is 10.2 Å². The van der Waals surface area contributed by atoms with Gasteiger partial charge >= 0.3 is 0 Å². The molecule has 17 heavy (non-hydrogen) atoms. The summed E-state index contributed by atoms with van der Waals surface area (Å²) in [5, 5.41) is 3.08. The van der Waals surface area contributed by atoms with Crippen molar-refractivity contribution in [2.24, 2.45) is 5.92 Å². The zero-order chi connectivity index (χ0) is 12.3. The van der Waals surface area contributed by atoms with E-state index in [1.807, 2.05) is 7.05 Å². The molecule has 1 N–H and O–H groups in total. The highest BCUT2D eigenvalue weighted by Gasteiger charge is 2.26. The third-order valence-electron chi connectivity index (χ3n) is 2.98. The lowest BCUT2D eigenvalue weighted by atomic mass is 10.3. The second-order valence-corrected chi connectivity index (χ2v) is 5.29. The minimum Gasteiger partial charge on any atom is -0.372 e. The van der Waals surface area contributed by atoms with Crippen molar-refractivity contribution in [1.29, 1.82) is 0 Å². The molecule has 1 aliphatic rings. The summed E-state index contributed by atoms with van der Waals surface area (Å²) in [6, 6.07) is 0. The molecule has 0 unspecified atom stereocenters. The van der Waals surface area contributed by atoms with Gasteiger partial charge in [0.25, 0.3) is 0 Å². The summed E-state index contributed by atoms with van der Waals surface area (Å²) in [6.45, 7) is 4.37. The molecule has 0 bridgehead atoms. The van der Waals surface area contributed by atoms with E-state index in [-0.39, 0.29) is 0 Å². The first-order valence-corrected chi connectivity index (χ1v) is 6.98. The lowest BCUT2D eigenvalue weighted by molar-refractivity contribution is 0.696. The molecule has 0 saturated heterocycles. The number of nitrogens with zero attached hydrogens (tertiary/aromatic N) is 3. The van der Waals surface area contributed by atoms with Gasteiger partial charge in [0.15, 0.2) is 0 Å². The van der Waals surface area contributed by atoms with Gasteiger partial charge in [-0.2, -0.15) is 0 Å². The van der Waals surface area contributed by atoms with Crippen LogP contribution in [0.2, 0.25) is 0 Å². The second-order valence-electron chi connectivity index (χ2n) is 4.50. The summed E-state index contributed by atoms with van der Waals surface area (Å²) < 4.78 is 0.969. The Kier molecular flexibility index (Phi) is 4.20. The molecule has 2 rings (SSSR count). The maximum absolute atomic E-state index is 4.41. The molecular formula is C12H19BrN4. The molecule has 0 spiro atoms. The van der Waals surface area contributed by atoms with Gasteiger partial charge in [-0.05, 0) is 41.1 Å². The van der Waals surface area contributed by atoms with E-state index in [0.717, 1.165) is 41.5 Å². The van der Waals surface area contributed by atoms with Gasteiger partial charge in [-0.3, -0.25) is 0 Å². The van der Waals surface area contributed by atoms with Gasteiger partial charge in [-0.1, -0.05) is 6.92 Å². The van der Waals surface area contributed by atoms with Crippen LogP contribution < -0.4 is 10.2 Å². The van der Waals surface area contributed by atoms with Crippen molar-refractivity contribution < 1.29 is 0 Å². The summed E-state index contributed by atoms with van der Waals surface area (Å²) in [6.07, 6.45) is 5.49. The minimum atomic E-state index is 0.854. The lowest BCUT2D eigenvalue weighted by Gasteiger charge is -2.24. The molecule has 1 fully saturated rings. The van der Waals surface area contributed by atoms with Crippen LogP contribution in [-0.4, -0.2) is 30.1 Å². The number of halogens is 1. The summed E-state index contributed by atoms with van der Waals surface area (Å²) >= 11 is 3.59. The zero-order valence-electron chi connectivity index (χ0n) is 10.4. The number of hydrogen-bond donors (Lipinski definition) is 1. The number of aromatic nitrogens is 2. The number of anilines is 2. The van der Waals surface area contributed by atoms with Crippen LogP contribution in [0.1, 0.15) is 26.2 Å². The van der Waals surface area contributed by atoms with Crippen molar-refractivity contribution in [1.82, 2.24) is 9.97 Å². The fraction of sp³-hybridized carbons (Fsp3) is 0.667. The topological polar surface area (TPSA) is 41.1 Å². The summed E-state index contributed by atoms with van der Waals surface area (Å²) in [5.74, 6) is 2.73. The van der Waals surface area contributed by atoms with Crippen LogP contribution >= 0.6 is 15.9 Å². The molecule has 0 radical (unpaired) electrons. The summed E-state index contributed by atoms with van der Waals surface area (Å²) in [4.78, 5) is 11.0. The van der Waals surface area contributed by atoms with E-state index in [9.17, 15) is 0 Å². The second kappa shape index (κ2) is 5.67. The highest BCUT2D eigenvalue weighted by atomic mass is 79.9. The highest BCUT2D eigenvalue weighted by Crippen LogP contribution is 2.34. The largest absolute Gasteiger partial charge is 0.372 e. The molecular weight excluding hydrogens is 280 g/mol. The minimum absolute atomic E-state index is 0.854. The molecule has 1 heterocycles. The van der Waals surface area contributed by atoms with Crippen molar-refractivity contribution in [3.63, 3.8) is 0 Å². The van der Waals surface area contributed by atoms with Crippen LogP contribution in [0.3, 0.4) is 0 Å². The SMILES string of the molecule is CCCN(CC1CC1)c1ncnc(NC)c1Br. The fourth-order valence-corrected chi connectivity index (χ4v) is 2.57. The van der Waals surface area contributed by atoms with Crippen LogP contribution in [0.5, 0.6) is 0 Å². The van der Waals surface area contributed by atoms with Crippen molar-refractivity contribution in [2.75, 3.05) is 30.4 Å². The van der Waals surface area contributed by atoms with Gasteiger partial charge in [0.1, 0.15) is 22.4 Å². The first-order chi connectivity index (χ1) is 8.26. The first-order valence-electron chi connectivity index (χ1n) is 6.19. The normalized spacial score (nSPS) is 14.8. The predicted octanol–water partition coefficient (Wildman–Crippen LogP) is 2.91. The molecule has 0 atom stereocenters. The van der Waals surface area contributed by atoms with Crippen LogP contribution in [0, 0.1) is 5.92 Å². The Balaban J connectivity index is 2.20. The highest BCUT2D eigenvalue weighted by molar-refractivity contribution is 9.10. The number of nitrogens with one attached hydrogen (secondary N) is 1. The van der Waals surface area contributed by atoms with Crippen molar-refractivity contribution in [3.05, 3.63) is 10.8 Å². The van der Waals surface area contributed by atoms with Crippen LogP contribution in [-0.2, 0) is 0 Å². The monoisotopic (exact) mass is 298 g/mol. The molecule has 1 aromatic heterocycles. The van der Waals surface area contributed by atoms with Gasteiger partial charge in [-0.25, -0.2) is 9.97 Å². The van der Waals surface area contributed by atoms with E-state index in [0.29, 0.717) is 0 Å². The van der Waals surface area contributed by atoms with E-state index in [1.165, 1.54) is 12.8 Å². The van der Waals surface area contributed by atoms with Crippen molar-refractivity contribution in [2.45, 2.75) is 26.2 Å². The Bertz CT molecular complexity index is 379. The van der Waals surface area contributed by atoms with Gasteiger partial charge in [0.2, 0.25) is 0 Å². The van der Waals surface area contributed by atoms with Gasteiger partial charge in [-0.15, -0.1) is 0 Å². The molecule has 1 saturated carbocycles. The number of rotatable bonds is 6. The Morgan fingerprint density at radius 1 is 1.47 bits per heavy atom.